The molecule has 9 heteroatoms. The minimum atomic E-state index is -3.85. The van der Waals surface area contributed by atoms with E-state index in [0.717, 1.165) is 31.5 Å². The molecule has 0 saturated carbocycles. The van der Waals surface area contributed by atoms with Gasteiger partial charge in [0, 0.05) is 28.9 Å². The first-order valence-electron chi connectivity index (χ1n) is 11.8. The van der Waals surface area contributed by atoms with Crippen LogP contribution in [-0.2, 0) is 10.7 Å². The zero-order valence-corrected chi connectivity index (χ0v) is 20.1. The van der Waals surface area contributed by atoms with Crippen molar-refractivity contribution >= 4 is 28.5 Å². The van der Waals surface area contributed by atoms with Crippen LogP contribution in [0, 0.1) is 0 Å². The number of rotatable bonds is 7. The van der Waals surface area contributed by atoms with Gasteiger partial charge < -0.3 is 24.1 Å². The molecule has 2 aromatic carbocycles. The van der Waals surface area contributed by atoms with E-state index in [1.807, 2.05) is 25.1 Å². The van der Waals surface area contributed by atoms with Crippen molar-refractivity contribution in [3.05, 3.63) is 58.8 Å². The van der Waals surface area contributed by atoms with Crippen LogP contribution in [0.15, 0.2) is 46.9 Å². The van der Waals surface area contributed by atoms with Crippen molar-refractivity contribution in [3.8, 4) is 11.5 Å². The van der Waals surface area contributed by atoms with E-state index in [1.165, 1.54) is 18.2 Å². The first kappa shape index (κ1) is 23.9. The average molecular weight is 505 g/mol. The minimum Gasteiger partial charge on any atom is -0.486 e. The molecule has 0 radical (unpaired) electrons. The molecule has 3 heterocycles. The van der Waals surface area contributed by atoms with E-state index < -0.39 is 23.6 Å². The number of halogens is 3. The third-order valence-corrected chi connectivity index (χ3v) is 6.97. The monoisotopic (exact) mass is 504 g/mol. The number of hydrogen-bond donors (Lipinski definition) is 1. The van der Waals surface area contributed by atoms with Crippen molar-refractivity contribution in [1.29, 1.82) is 0 Å². The number of furan rings is 1. The Morgan fingerprint density at radius 2 is 1.83 bits per heavy atom. The van der Waals surface area contributed by atoms with Crippen LogP contribution in [0.4, 0.5) is 8.78 Å². The van der Waals surface area contributed by atoms with Gasteiger partial charge in [0.15, 0.2) is 17.3 Å². The molecule has 0 unspecified atom stereocenters. The molecule has 1 N–H and O–H groups in total. The summed E-state index contributed by atoms with van der Waals surface area (Å²) in [4.78, 5) is 15.1. The molecule has 6 nitrogen and oxygen atoms in total. The number of hydrogen-bond acceptors (Lipinski definition) is 5. The molecule has 2 aliphatic rings. The average Bonchev–Trinajstić information content (AvgIpc) is 3.52. The smallest absolute Gasteiger partial charge is 0.380 e. The summed E-state index contributed by atoms with van der Waals surface area (Å²) in [5.74, 6) is -4.92. The zero-order valence-electron chi connectivity index (χ0n) is 19.4. The Bertz CT molecular complexity index is 1230. The number of amides is 1. The summed E-state index contributed by atoms with van der Waals surface area (Å²) in [5.41, 5.74) is 1.12. The third-order valence-electron chi connectivity index (χ3n) is 6.74. The minimum absolute atomic E-state index is 0.245. The van der Waals surface area contributed by atoms with Gasteiger partial charge in [0.2, 0.25) is 0 Å². The zero-order chi connectivity index (χ0) is 24.6. The highest BCUT2D eigenvalue weighted by atomic mass is 35.5. The molecule has 1 amide bonds. The van der Waals surface area contributed by atoms with E-state index >= 15 is 8.78 Å². The molecule has 3 aromatic rings. The van der Waals surface area contributed by atoms with Crippen LogP contribution in [0.25, 0.3) is 11.0 Å². The predicted octanol–water partition coefficient (Wildman–Crippen LogP) is 5.33. The van der Waals surface area contributed by atoms with Crippen molar-refractivity contribution in [2.75, 3.05) is 32.8 Å². The highest BCUT2D eigenvalue weighted by Gasteiger charge is 2.46. The lowest BCUT2D eigenvalue weighted by Gasteiger charge is -2.31. The molecule has 0 aliphatic carbocycles. The number of alkyl halides is 2. The van der Waals surface area contributed by atoms with E-state index in [2.05, 4.69) is 10.2 Å². The second kappa shape index (κ2) is 9.66. The molecular formula is C26H27ClF2N2O4. The topological polar surface area (TPSA) is 63.9 Å². The molecule has 0 bridgehead atoms. The Labute approximate surface area is 207 Å². The maximum Gasteiger partial charge on any atom is 0.380 e. The Morgan fingerprint density at radius 1 is 1.09 bits per heavy atom. The Morgan fingerprint density at radius 3 is 2.60 bits per heavy atom. The number of ether oxygens (including phenoxy) is 2. The first-order chi connectivity index (χ1) is 16.8. The fraction of sp³-hybridized carbons (Fsp3) is 0.423. The van der Waals surface area contributed by atoms with Crippen LogP contribution >= 0.6 is 11.6 Å². The highest BCUT2D eigenvalue weighted by molar-refractivity contribution is 6.31. The van der Waals surface area contributed by atoms with E-state index in [4.69, 9.17) is 25.5 Å². The summed E-state index contributed by atoms with van der Waals surface area (Å²) in [7, 11) is 0. The van der Waals surface area contributed by atoms with Crippen LogP contribution in [0.3, 0.4) is 0 Å². The summed E-state index contributed by atoms with van der Waals surface area (Å²) >= 11 is 5.96. The van der Waals surface area contributed by atoms with Crippen LogP contribution < -0.4 is 14.8 Å². The molecule has 2 aliphatic heterocycles. The van der Waals surface area contributed by atoms with Gasteiger partial charge in [-0.15, -0.1) is 0 Å². The maximum atomic E-state index is 15.3. The molecule has 2 atom stereocenters. The van der Waals surface area contributed by atoms with Gasteiger partial charge in [0.25, 0.3) is 5.91 Å². The number of nitrogens with one attached hydrogen (secondary N) is 1. The van der Waals surface area contributed by atoms with Crippen molar-refractivity contribution in [2.45, 2.75) is 37.6 Å². The van der Waals surface area contributed by atoms with Gasteiger partial charge in [-0.3, -0.25) is 4.79 Å². The summed E-state index contributed by atoms with van der Waals surface area (Å²) < 4.78 is 47.1. The second-order valence-corrected chi connectivity index (χ2v) is 9.58. The lowest BCUT2D eigenvalue weighted by atomic mass is 9.92. The number of benzene rings is 2. The Kier molecular flexibility index (Phi) is 6.59. The lowest BCUT2D eigenvalue weighted by molar-refractivity contribution is -0.150. The van der Waals surface area contributed by atoms with Gasteiger partial charge in [-0.2, -0.15) is 8.78 Å². The van der Waals surface area contributed by atoms with Crippen LogP contribution in [0.1, 0.15) is 37.0 Å². The molecule has 186 valence electrons. The van der Waals surface area contributed by atoms with Gasteiger partial charge in [0.05, 0.1) is 0 Å². The van der Waals surface area contributed by atoms with Gasteiger partial charge in [0.1, 0.15) is 18.8 Å². The van der Waals surface area contributed by atoms with Gasteiger partial charge >= 0.3 is 5.92 Å². The molecule has 1 aromatic heterocycles. The van der Waals surface area contributed by atoms with E-state index in [1.54, 1.807) is 6.07 Å². The van der Waals surface area contributed by atoms with Gasteiger partial charge in [-0.05, 0) is 67.9 Å². The highest BCUT2D eigenvalue weighted by Crippen LogP contribution is 2.36. The lowest BCUT2D eigenvalue weighted by Crippen LogP contribution is -2.50. The Balaban J connectivity index is 1.39. The van der Waals surface area contributed by atoms with Crippen molar-refractivity contribution in [1.82, 2.24) is 10.2 Å². The number of nitrogens with zero attached hydrogens (tertiary/aromatic N) is 1. The first-order valence-corrected chi connectivity index (χ1v) is 12.2. The molecule has 1 fully saturated rings. The van der Waals surface area contributed by atoms with Crippen LogP contribution in [0.5, 0.6) is 11.5 Å². The number of likely N-dealkylation sites (tertiary alicyclic amines) is 1. The van der Waals surface area contributed by atoms with Crippen LogP contribution in [-0.4, -0.2) is 49.7 Å². The molecule has 1 saturated heterocycles. The largest absolute Gasteiger partial charge is 0.486 e. The normalized spacial score (nSPS) is 17.9. The number of fused-ring (bicyclic) bond motifs is 2. The standard InChI is InChI=1S/C26H27ClF2N2O4/c1-16(17-4-6-22-23(13-17)34-11-10-33-22)20(15-31-8-2-3-9-31)30-25(32)26(28,29)24-14-18-12-19(27)5-7-21(18)35-24/h4-7,12-14,16,20H,2-3,8-11,15H2,1H3,(H,30,32)/t16-,20+/m0/s1. The third kappa shape index (κ3) is 4.95. The van der Waals surface area contributed by atoms with E-state index in [-0.39, 0.29) is 11.5 Å². The van der Waals surface area contributed by atoms with Gasteiger partial charge in [-0.1, -0.05) is 24.6 Å². The van der Waals surface area contributed by atoms with Gasteiger partial charge in [-0.25, -0.2) is 0 Å². The van der Waals surface area contributed by atoms with Crippen molar-refractivity contribution in [3.63, 3.8) is 0 Å². The van der Waals surface area contributed by atoms with Crippen LogP contribution in [0.2, 0.25) is 5.02 Å². The van der Waals surface area contributed by atoms with Crippen molar-refractivity contribution < 1.29 is 27.5 Å². The molecule has 0 spiro atoms. The number of carbonyl (C=O) groups is 1. The maximum absolute atomic E-state index is 15.3. The summed E-state index contributed by atoms with van der Waals surface area (Å²) in [6.45, 7) is 5.08. The SMILES string of the molecule is C[C@@H](c1ccc2c(c1)OCCO2)[C@@H](CN1CCCC1)NC(=O)C(F)(F)c1cc2cc(Cl)ccc2o1. The summed E-state index contributed by atoms with van der Waals surface area (Å²) in [6, 6.07) is 10.8. The fourth-order valence-electron chi connectivity index (χ4n) is 4.69. The van der Waals surface area contributed by atoms with E-state index in [9.17, 15) is 4.79 Å². The number of carbonyl (C=O) groups excluding carboxylic acids is 1. The fourth-order valence-corrected chi connectivity index (χ4v) is 4.87. The quantitative estimate of drug-likeness (QED) is 0.471. The molecule has 35 heavy (non-hydrogen) atoms. The summed E-state index contributed by atoms with van der Waals surface area (Å²) in [6.07, 6.45) is 2.10. The second-order valence-electron chi connectivity index (χ2n) is 9.15. The van der Waals surface area contributed by atoms with Crippen molar-refractivity contribution in [2.24, 2.45) is 0 Å². The molecular weight excluding hydrogens is 478 g/mol. The van der Waals surface area contributed by atoms with E-state index in [0.29, 0.717) is 41.7 Å². The molecule has 5 rings (SSSR count). The Hall–Kier alpha value is -2.84. The summed E-state index contributed by atoms with van der Waals surface area (Å²) in [5, 5.41) is 3.44. The predicted molar refractivity (Wildman–Crippen MR) is 129 cm³/mol.